The van der Waals surface area contributed by atoms with Crippen LogP contribution in [0.1, 0.15) is 15.1 Å². The molecule has 0 fully saturated rings. The van der Waals surface area contributed by atoms with E-state index in [4.69, 9.17) is 5.11 Å². The molecule has 0 spiro atoms. The first kappa shape index (κ1) is 6.52. The Morgan fingerprint density at radius 1 is 1.89 bits per heavy atom. The van der Waals surface area contributed by atoms with Crippen molar-refractivity contribution in [2.75, 3.05) is 0 Å². The van der Waals surface area contributed by atoms with Gasteiger partial charge < -0.3 is 0 Å². The third kappa shape index (κ3) is 1.40. The Bertz CT molecular complexity index is 231. The molecule has 0 radical (unpaired) electrons. The second kappa shape index (κ2) is 2.33. The van der Waals surface area contributed by atoms with Crippen molar-refractivity contribution in [2.45, 2.75) is 6.92 Å². The zero-order valence-corrected chi connectivity index (χ0v) is 6.50. The van der Waals surface area contributed by atoms with Gasteiger partial charge in [0.25, 0.3) is 0 Å². The van der Waals surface area contributed by atoms with Gasteiger partial charge in [-0.2, -0.15) is 0 Å². The average Bonchev–Trinajstić information content (AvgIpc) is 2.14. The van der Waals surface area contributed by atoms with Gasteiger partial charge in [-0.1, -0.05) is 0 Å². The fourth-order valence-corrected chi connectivity index (χ4v) is 1.69. The van der Waals surface area contributed by atoms with Crippen molar-refractivity contribution in [3.63, 3.8) is 0 Å². The molecule has 0 bridgehead atoms. The maximum atomic E-state index is 10.2. The van der Waals surface area contributed by atoms with Gasteiger partial charge >= 0.3 is 57.5 Å². The Morgan fingerprint density at radius 2 is 2.56 bits per heavy atom. The van der Waals surface area contributed by atoms with E-state index in [0.29, 0.717) is 0 Å². The molecule has 48 valence electrons. The first-order chi connectivity index (χ1) is 4.20. The Balaban J connectivity index is 2.98. The van der Waals surface area contributed by atoms with Crippen LogP contribution in [0.15, 0.2) is 4.94 Å². The van der Waals surface area contributed by atoms with Crippen molar-refractivity contribution in [3.05, 3.63) is 15.2 Å². The van der Waals surface area contributed by atoms with E-state index in [1.54, 1.807) is 4.94 Å². The van der Waals surface area contributed by atoms with Crippen molar-refractivity contribution in [1.82, 2.24) is 4.98 Å². The number of aryl methyl sites for hydroxylation is 1. The van der Waals surface area contributed by atoms with Crippen LogP contribution in [0.5, 0.6) is 0 Å². The summed E-state index contributed by atoms with van der Waals surface area (Å²) in [6.07, 6.45) is 0. The number of aromatic carboxylic acids is 1. The monoisotopic (exact) mass is 191 g/mol. The molecule has 0 aliphatic heterocycles. The molecular formula is C5H5NO2Se. The van der Waals surface area contributed by atoms with Crippen LogP contribution >= 0.6 is 0 Å². The summed E-state index contributed by atoms with van der Waals surface area (Å²) in [4.78, 5) is 15.6. The fraction of sp³-hybridized carbons (Fsp3) is 0.200. The molecular weight excluding hydrogens is 185 g/mol. The Hall–Kier alpha value is -0.601. The summed E-state index contributed by atoms with van der Waals surface area (Å²) in [5, 5.41) is 8.37. The third-order valence-corrected chi connectivity index (χ3v) is 2.46. The van der Waals surface area contributed by atoms with Crippen LogP contribution in [0.4, 0.5) is 0 Å². The van der Waals surface area contributed by atoms with Crippen LogP contribution in [0.3, 0.4) is 0 Å². The van der Waals surface area contributed by atoms with Crippen molar-refractivity contribution < 1.29 is 9.90 Å². The van der Waals surface area contributed by atoms with Gasteiger partial charge in [-0.15, -0.1) is 0 Å². The molecule has 9 heavy (non-hydrogen) atoms. The number of nitrogens with zero attached hydrogens (tertiary/aromatic N) is 1. The van der Waals surface area contributed by atoms with E-state index in [-0.39, 0.29) is 20.2 Å². The maximum absolute atomic E-state index is 10.2. The van der Waals surface area contributed by atoms with E-state index in [9.17, 15) is 4.79 Å². The summed E-state index contributed by atoms with van der Waals surface area (Å²) < 4.78 is 0.930. The van der Waals surface area contributed by atoms with Crippen LogP contribution in [-0.4, -0.2) is 30.6 Å². The molecule has 1 rings (SSSR count). The number of hydrogen-bond acceptors (Lipinski definition) is 2. The van der Waals surface area contributed by atoms with E-state index in [1.165, 1.54) is 0 Å². The quantitative estimate of drug-likeness (QED) is 0.641. The number of hydrogen-bond donors (Lipinski definition) is 1. The molecule has 1 heterocycles. The molecule has 0 saturated heterocycles. The van der Waals surface area contributed by atoms with Crippen molar-refractivity contribution in [3.8, 4) is 0 Å². The van der Waals surface area contributed by atoms with Gasteiger partial charge in [0.2, 0.25) is 0 Å². The number of carboxylic acid groups (broad SMARTS) is 1. The Morgan fingerprint density at radius 3 is 2.78 bits per heavy atom. The standard InChI is InChI=1S/C5H5NO2Se/c1-3-6-4(2-9-3)5(7)8/h2H,1H3,(H,7,8). The summed E-state index contributed by atoms with van der Waals surface area (Å²) in [6.45, 7) is 1.84. The predicted molar refractivity (Wildman–Crippen MR) is 32.9 cm³/mol. The molecule has 0 aromatic carbocycles. The molecule has 1 aromatic rings. The molecule has 0 aliphatic rings. The van der Waals surface area contributed by atoms with Crippen LogP contribution in [0, 0.1) is 6.92 Å². The van der Waals surface area contributed by atoms with Gasteiger partial charge in [0.15, 0.2) is 0 Å². The molecule has 0 atom stereocenters. The normalized spacial score (nSPS) is 9.44. The summed E-state index contributed by atoms with van der Waals surface area (Å²) in [6, 6.07) is 0. The van der Waals surface area contributed by atoms with Gasteiger partial charge in [0.05, 0.1) is 0 Å². The SMILES string of the molecule is Cc1nc(C(=O)O)c[se]1. The minimum absolute atomic E-state index is 0.188. The van der Waals surface area contributed by atoms with E-state index < -0.39 is 5.97 Å². The van der Waals surface area contributed by atoms with Gasteiger partial charge in [0, 0.05) is 0 Å². The number of rotatable bonds is 1. The van der Waals surface area contributed by atoms with Gasteiger partial charge in [-0.3, -0.25) is 0 Å². The molecule has 0 unspecified atom stereocenters. The summed E-state index contributed by atoms with van der Waals surface area (Å²) in [5.74, 6) is -0.922. The van der Waals surface area contributed by atoms with Gasteiger partial charge in [-0.05, 0) is 0 Å². The zero-order chi connectivity index (χ0) is 6.85. The van der Waals surface area contributed by atoms with Crippen LogP contribution < -0.4 is 0 Å². The van der Waals surface area contributed by atoms with E-state index >= 15 is 0 Å². The summed E-state index contributed by atoms with van der Waals surface area (Å²) in [7, 11) is 0. The first-order valence-corrected chi connectivity index (χ1v) is 4.20. The molecule has 4 heteroatoms. The second-order valence-electron chi connectivity index (χ2n) is 1.56. The van der Waals surface area contributed by atoms with Crippen LogP contribution in [0.2, 0.25) is 0 Å². The average molecular weight is 190 g/mol. The predicted octanol–water partition coefficient (Wildman–Crippen LogP) is 0.145. The minimum atomic E-state index is -0.922. The molecule has 0 saturated carbocycles. The summed E-state index contributed by atoms with van der Waals surface area (Å²) >= 11 is 0.188. The van der Waals surface area contributed by atoms with E-state index in [2.05, 4.69) is 4.98 Å². The van der Waals surface area contributed by atoms with Gasteiger partial charge in [-0.25, -0.2) is 0 Å². The number of aromatic nitrogens is 1. The third-order valence-electron chi connectivity index (χ3n) is 0.838. The summed E-state index contributed by atoms with van der Waals surface area (Å²) in [5.41, 5.74) is 0.201. The Kier molecular flexibility index (Phi) is 1.69. The second-order valence-corrected chi connectivity index (χ2v) is 3.79. The molecule has 0 aliphatic carbocycles. The van der Waals surface area contributed by atoms with Crippen molar-refractivity contribution >= 4 is 20.5 Å². The van der Waals surface area contributed by atoms with Crippen LogP contribution in [-0.2, 0) is 0 Å². The molecule has 3 nitrogen and oxygen atoms in total. The molecule has 0 amide bonds. The molecule has 1 aromatic heterocycles. The van der Waals surface area contributed by atoms with Crippen LogP contribution in [0.25, 0.3) is 0 Å². The Labute approximate surface area is 58.1 Å². The number of carboxylic acids is 1. The van der Waals surface area contributed by atoms with Crippen molar-refractivity contribution in [1.29, 1.82) is 0 Å². The molecule has 1 N–H and O–H groups in total. The van der Waals surface area contributed by atoms with Gasteiger partial charge in [0.1, 0.15) is 0 Å². The fourth-order valence-electron chi connectivity index (χ4n) is 0.462. The zero-order valence-electron chi connectivity index (χ0n) is 4.79. The first-order valence-electron chi connectivity index (χ1n) is 2.35. The number of carbonyl (C=O) groups is 1. The topological polar surface area (TPSA) is 50.2 Å². The van der Waals surface area contributed by atoms with Crippen molar-refractivity contribution in [2.24, 2.45) is 0 Å². The van der Waals surface area contributed by atoms with E-state index in [1.807, 2.05) is 6.92 Å². The van der Waals surface area contributed by atoms with E-state index in [0.717, 1.165) is 4.57 Å².